The molecule has 0 radical (unpaired) electrons. The molecule has 0 unspecified atom stereocenters. The first-order valence-electron chi connectivity index (χ1n) is 14.5. The third kappa shape index (κ3) is 8.15. The van der Waals surface area contributed by atoms with Crippen LogP contribution < -0.4 is 16.0 Å². The zero-order chi connectivity index (χ0) is 32.6. The maximum Gasteiger partial charge on any atom is 0.272 e. The molecule has 232 valence electrons. The van der Waals surface area contributed by atoms with Crippen LogP contribution in [0.25, 0.3) is 28.6 Å². The van der Waals surface area contributed by atoms with Crippen molar-refractivity contribution >= 4 is 69.6 Å². The van der Waals surface area contributed by atoms with Crippen LogP contribution in [0.3, 0.4) is 0 Å². The van der Waals surface area contributed by atoms with E-state index in [2.05, 4.69) is 20.9 Å². The second kappa shape index (κ2) is 14.6. The summed E-state index contributed by atoms with van der Waals surface area (Å²) in [7, 11) is 0. The first-order chi connectivity index (χ1) is 22.9. The van der Waals surface area contributed by atoms with Crippen LogP contribution in [0.1, 0.15) is 15.9 Å². The van der Waals surface area contributed by atoms with Gasteiger partial charge in [0.25, 0.3) is 11.8 Å². The van der Waals surface area contributed by atoms with Gasteiger partial charge >= 0.3 is 0 Å². The van der Waals surface area contributed by atoms with Crippen LogP contribution in [0.4, 0.5) is 11.4 Å². The summed E-state index contributed by atoms with van der Waals surface area (Å²) in [6.07, 6.45) is 1.53. The third-order valence-corrected chi connectivity index (χ3v) is 8.24. The van der Waals surface area contributed by atoms with Crippen LogP contribution in [0.15, 0.2) is 142 Å². The molecule has 0 fully saturated rings. The molecule has 0 aliphatic carbocycles. The van der Waals surface area contributed by atoms with Crippen LogP contribution in [0, 0.1) is 0 Å². The third-order valence-electron chi connectivity index (χ3n) is 6.91. The number of rotatable bonds is 10. The van der Waals surface area contributed by atoms with Gasteiger partial charge in [0.05, 0.1) is 5.75 Å². The first-order valence-corrected chi connectivity index (χ1v) is 15.9. The standard InChI is InChI=1S/C37H27ClN4O4S/c38-30-14-5-4-11-26(30)21-32(41-35(44)24-9-2-1-3-10-24)36(45)40-28-12-8-13-29(22-28)47-23-34(43)39-27-19-17-25(18-20-27)37-42-31-15-6-7-16-33(31)46-37/h1-22H,23H2,(H,39,43)(H,40,45)(H,41,44)/b32-21+. The maximum absolute atomic E-state index is 13.4. The molecule has 0 aliphatic rings. The number of nitrogens with one attached hydrogen (secondary N) is 3. The lowest BCUT2D eigenvalue weighted by molar-refractivity contribution is -0.114. The molecule has 0 spiro atoms. The molecule has 6 rings (SSSR count). The van der Waals surface area contributed by atoms with Crippen LogP contribution in [0.5, 0.6) is 0 Å². The number of benzene rings is 5. The van der Waals surface area contributed by atoms with Crippen molar-refractivity contribution < 1.29 is 18.8 Å². The van der Waals surface area contributed by atoms with E-state index in [-0.39, 0.29) is 17.4 Å². The van der Waals surface area contributed by atoms with Crippen molar-refractivity contribution in [2.24, 2.45) is 0 Å². The van der Waals surface area contributed by atoms with E-state index in [4.69, 9.17) is 16.0 Å². The van der Waals surface area contributed by atoms with Crippen molar-refractivity contribution in [2.75, 3.05) is 16.4 Å². The Bertz CT molecular complexity index is 2060. The van der Waals surface area contributed by atoms with Crippen molar-refractivity contribution in [3.63, 3.8) is 0 Å². The molecule has 5 aromatic carbocycles. The SMILES string of the molecule is O=C(CSc1cccc(NC(=O)/C(=C\c2ccccc2Cl)NC(=O)c2ccccc2)c1)Nc1ccc(-c2nc3ccccc3o2)cc1. The molecule has 1 heterocycles. The number of fused-ring (bicyclic) bond motifs is 1. The summed E-state index contributed by atoms with van der Waals surface area (Å²) in [6, 6.07) is 37.6. The zero-order valence-corrected chi connectivity index (χ0v) is 26.3. The number of hydrogen-bond donors (Lipinski definition) is 3. The highest BCUT2D eigenvalue weighted by molar-refractivity contribution is 8.00. The van der Waals surface area contributed by atoms with Crippen molar-refractivity contribution in [1.82, 2.24) is 10.3 Å². The van der Waals surface area contributed by atoms with Gasteiger partial charge in [-0.15, -0.1) is 11.8 Å². The molecule has 0 saturated carbocycles. The number of carbonyl (C=O) groups excluding carboxylic acids is 3. The summed E-state index contributed by atoms with van der Waals surface area (Å²) >= 11 is 7.66. The second-order valence-electron chi connectivity index (χ2n) is 10.3. The number of thioether (sulfide) groups is 1. The Morgan fingerprint density at radius 1 is 0.766 bits per heavy atom. The second-order valence-corrected chi connectivity index (χ2v) is 11.7. The predicted molar refractivity (Wildman–Crippen MR) is 187 cm³/mol. The number of halogens is 1. The molecule has 10 heteroatoms. The van der Waals surface area contributed by atoms with Gasteiger partial charge in [0.15, 0.2) is 5.58 Å². The minimum absolute atomic E-state index is 0.0199. The number of oxazole rings is 1. The van der Waals surface area contributed by atoms with Gasteiger partial charge in [-0.3, -0.25) is 14.4 Å². The van der Waals surface area contributed by atoms with Crippen LogP contribution in [-0.4, -0.2) is 28.5 Å². The molecule has 47 heavy (non-hydrogen) atoms. The number of carbonyl (C=O) groups is 3. The molecule has 0 aliphatic heterocycles. The lowest BCUT2D eigenvalue weighted by Crippen LogP contribution is -2.30. The molecule has 3 amide bonds. The summed E-state index contributed by atoms with van der Waals surface area (Å²) in [5.74, 6) is -0.496. The molecule has 0 bridgehead atoms. The average molecular weight is 659 g/mol. The van der Waals surface area contributed by atoms with Crippen LogP contribution in [0.2, 0.25) is 5.02 Å². The van der Waals surface area contributed by atoms with Crippen molar-refractivity contribution in [1.29, 1.82) is 0 Å². The van der Waals surface area contributed by atoms with E-state index in [0.29, 0.717) is 39.0 Å². The molecule has 8 nitrogen and oxygen atoms in total. The Morgan fingerprint density at radius 3 is 2.30 bits per heavy atom. The van der Waals surface area contributed by atoms with E-state index in [0.717, 1.165) is 16.0 Å². The van der Waals surface area contributed by atoms with Gasteiger partial charge in [-0.1, -0.05) is 66.2 Å². The largest absolute Gasteiger partial charge is 0.436 e. The summed E-state index contributed by atoms with van der Waals surface area (Å²) in [5.41, 5.74) is 4.43. The van der Waals surface area contributed by atoms with Crippen molar-refractivity contribution in [3.05, 3.63) is 149 Å². The van der Waals surface area contributed by atoms with E-state index in [1.54, 1.807) is 84.9 Å². The van der Waals surface area contributed by atoms with Gasteiger partial charge in [0, 0.05) is 32.4 Å². The highest BCUT2D eigenvalue weighted by atomic mass is 35.5. The Labute approximate surface area is 279 Å². The number of anilines is 2. The number of aromatic nitrogens is 1. The fourth-order valence-corrected chi connectivity index (χ4v) is 5.54. The van der Waals surface area contributed by atoms with E-state index in [1.807, 2.05) is 42.5 Å². The number of nitrogens with zero attached hydrogens (tertiary/aromatic N) is 1. The molecule has 0 saturated heterocycles. The lowest BCUT2D eigenvalue weighted by Gasteiger charge is -2.12. The fraction of sp³-hybridized carbons (Fsp3) is 0.0270. The van der Waals surface area contributed by atoms with Gasteiger partial charge in [-0.2, -0.15) is 0 Å². The Balaban J connectivity index is 1.08. The zero-order valence-electron chi connectivity index (χ0n) is 24.8. The Morgan fingerprint density at radius 2 is 1.51 bits per heavy atom. The summed E-state index contributed by atoms with van der Waals surface area (Å²) in [5, 5.41) is 8.88. The predicted octanol–water partition coefficient (Wildman–Crippen LogP) is 8.29. The maximum atomic E-state index is 13.4. The topological polar surface area (TPSA) is 113 Å². The summed E-state index contributed by atoms with van der Waals surface area (Å²) in [6.45, 7) is 0. The smallest absolute Gasteiger partial charge is 0.272 e. The van der Waals surface area contributed by atoms with Crippen LogP contribution in [-0.2, 0) is 9.59 Å². The molecule has 3 N–H and O–H groups in total. The highest BCUT2D eigenvalue weighted by Gasteiger charge is 2.16. The quantitative estimate of drug-likeness (QED) is 0.101. The van der Waals surface area contributed by atoms with E-state index >= 15 is 0 Å². The molecular formula is C37H27ClN4O4S. The van der Waals surface area contributed by atoms with E-state index in [1.165, 1.54) is 17.8 Å². The molecule has 1 aromatic heterocycles. The van der Waals surface area contributed by atoms with Gasteiger partial charge in [0.1, 0.15) is 11.2 Å². The van der Waals surface area contributed by atoms with Crippen molar-refractivity contribution in [3.8, 4) is 11.5 Å². The normalized spacial score (nSPS) is 11.2. The number of para-hydroxylation sites is 2. The van der Waals surface area contributed by atoms with Gasteiger partial charge in [0.2, 0.25) is 11.8 Å². The Hall–Kier alpha value is -5.64. The molecule has 0 atom stereocenters. The van der Waals surface area contributed by atoms with E-state index in [9.17, 15) is 14.4 Å². The number of hydrogen-bond acceptors (Lipinski definition) is 6. The fourth-order valence-electron chi connectivity index (χ4n) is 4.59. The lowest BCUT2D eigenvalue weighted by atomic mass is 10.1. The molecule has 6 aromatic rings. The Kier molecular flexibility index (Phi) is 9.76. The van der Waals surface area contributed by atoms with Crippen LogP contribution >= 0.6 is 23.4 Å². The van der Waals surface area contributed by atoms with E-state index < -0.39 is 11.8 Å². The minimum atomic E-state index is -0.532. The van der Waals surface area contributed by atoms with Gasteiger partial charge < -0.3 is 20.4 Å². The monoisotopic (exact) mass is 658 g/mol. The number of amides is 3. The summed E-state index contributed by atoms with van der Waals surface area (Å²) < 4.78 is 5.82. The molecular weight excluding hydrogens is 632 g/mol. The van der Waals surface area contributed by atoms with Gasteiger partial charge in [-0.25, -0.2) is 4.98 Å². The summed E-state index contributed by atoms with van der Waals surface area (Å²) in [4.78, 5) is 44.4. The first kappa shape index (κ1) is 31.3. The van der Waals surface area contributed by atoms with Gasteiger partial charge in [-0.05, 0) is 84.4 Å². The average Bonchev–Trinajstić information content (AvgIpc) is 3.53. The highest BCUT2D eigenvalue weighted by Crippen LogP contribution is 2.26. The van der Waals surface area contributed by atoms with Crippen molar-refractivity contribution in [2.45, 2.75) is 4.90 Å². The minimum Gasteiger partial charge on any atom is -0.436 e.